The molecule has 0 spiro atoms. The molecule has 0 aliphatic heterocycles. The average molecular weight is 508 g/mol. The molecule has 0 radical (unpaired) electrons. The second-order valence-corrected chi connectivity index (χ2v) is 8.27. The summed E-state index contributed by atoms with van der Waals surface area (Å²) < 4.78 is 6.02. The van der Waals surface area contributed by atoms with E-state index in [-0.39, 0.29) is 22.7 Å². The third-order valence-corrected chi connectivity index (χ3v) is 5.71. The van der Waals surface area contributed by atoms with Crippen LogP contribution in [0.3, 0.4) is 0 Å². The number of anilines is 2. The largest absolute Gasteiger partial charge is 0.459 e. The fourth-order valence-corrected chi connectivity index (χ4v) is 3.98. The van der Waals surface area contributed by atoms with Crippen molar-refractivity contribution in [2.24, 2.45) is 0 Å². The summed E-state index contributed by atoms with van der Waals surface area (Å²) in [6, 6.07) is 19.8. The zero-order chi connectivity index (χ0) is 22.7. The van der Waals surface area contributed by atoms with Crippen molar-refractivity contribution in [3.8, 4) is 0 Å². The molecule has 2 amide bonds. The molecule has 0 saturated heterocycles. The summed E-state index contributed by atoms with van der Waals surface area (Å²) in [6.07, 6.45) is 1.45. The molecule has 0 aliphatic carbocycles. The number of fused-ring (bicyclic) bond motifs is 1. The number of furan rings is 1. The van der Waals surface area contributed by atoms with Crippen LogP contribution in [0.5, 0.6) is 0 Å². The van der Waals surface area contributed by atoms with E-state index in [1.54, 1.807) is 30.3 Å². The number of thiocarbonyl (C=S) groups is 1. The highest BCUT2D eigenvalue weighted by atomic mass is 79.9. The lowest BCUT2D eigenvalue weighted by Crippen LogP contribution is -2.34. The average Bonchev–Trinajstić information content (AvgIpc) is 3.30. The van der Waals surface area contributed by atoms with Gasteiger partial charge in [0.1, 0.15) is 0 Å². The zero-order valence-electron chi connectivity index (χ0n) is 16.9. The van der Waals surface area contributed by atoms with Crippen LogP contribution in [0.1, 0.15) is 26.5 Å². The fraction of sp³-hybridized carbons (Fsp3) is 0.0417. The van der Waals surface area contributed by atoms with Crippen LogP contribution >= 0.6 is 28.1 Å². The highest BCUT2D eigenvalue weighted by Crippen LogP contribution is 2.26. The van der Waals surface area contributed by atoms with Crippen LogP contribution in [-0.2, 0) is 0 Å². The van der Waals surface area contributed by atoms with Crippen LogP contribution in [0.2, 0.25) is 0 Å². The van der Waals surface area contributed by atoms with E-state index in [2.05, 4.69) is 31.9 Å². The quantitative estimate of drug-likeness (QED) is 0.300. The number of hydrogen-bond donors (Lipinski definition) is 3. The Hall–Kier alpha value is -3.49. The van der Waals surface area contributed by atoms with Crippen LogP contribution in [0, 0.1) is 6.92 Å². The van der Waals surface area contributed by atoms with E-state index in [9.17, 15) is 9.59 Å². The number of carbonyl (C=O) groups is 2. The Bertz CT molecular complexity index is 1340. The number of nitrogens with one attached hydrogen (secondary N) is 3. The van der Waals surface area contributed by atoms with Crippen molar-refractivity contribution in [1.82, 2.24) is 5.32 Å². The molecule has 0 bridgehead atoms. The minimum absolute atomic E-state index is 0.175. The molecule has 160 valence electrons. The second kappa shape index (κ2) is 9.33. The smallest absolute Gasteiger partial charge is 0.291 e. The third kappa shape index (κ3) is 4.71. The van der Waals surface area contributed by atoms with Crippen molar-refractivity contribution >= 4 is 67.2 Å². The van der Waals surface area contributed by atoms with E-state index >= 15 is 0 Å². The predicted molar refractivity (Wildman–Crippen MR) is 133 cm³/mol. The highest BCUT2D eigenvalue weighted by molar-refractivity contribution is 9.10. The van der Waals surface area contributed by atoms with E-state index < -0.39 is 0 Å². The molecule has 0 atom stereocenters. The molecule has 0 aliphatic rings. The first kappa shape index (κ1) is 21.7. The maximum absolute atomic E-state index is 12.8. The summed E-state index contributed by atoms with van der Waals surface area (Å²) in [5, 5.41) is 10.5. The van der Waals surface area contributed by atoms with Crippen LogP contribution in [0.15, 0.2) is 81.9 Å². The number of benzene rings is 3. The van der Waals surface area contributed by atoms with Crippen LogP contribution in [0.25, 0.3) is 10.8 Å². The lowest BCUT2D eigenvalue weighted by molar-refractivity contribution is 0.0976. The Morgan fingerprint density at radius 1 is 0.906 bits per heavy atom. The van der Waals surface area contributed by atoms with Gasteiger partial charge >= 0.3 is 0 Å². The Kier molecular flexibility index (Phi) is 6.34. The van der Waals surface area contributed by atoms with Gasteiger partial charge in [-0.25, -0.2) is 0 Å². The van der Waals surface area contributed by atoms with E-state index in [0.717, 1.165) is 20.8 Å². The molecule has 0 fully saturated rings. The first-order valence-corrected chi connectivity index (χ1v) is 10.9. The van der Waals surface area contributed by atoms with E-state index in [0.29, 0.717) is 16.9 Å². The summed E-state index contributed by atoms with van der Waals surface area (Å²) in [5.41, 5.74) is 2.68. The minimum atomic E-state index is -0.330. The fourth-order valence-electron chi connectivity index (χ4n) is 3.28. The van der Waals surface area contributed by atoms with Gasteiger partial charge in [-0.3, -0.25) is 14.9 Å². The molecule has 3 N–H and O–H groups in total. The first-order chi connectivity index (χ1) is 15.4. The number of aryl methyl sites for hydroxylation is 1. The van der Waals surface area contributed by atoms with Gasteiger partial charge in [0.2, 0.25) is 0 Å². The van der Waals surface area contributed by atoms with Gasteiger partial charge in [-0.2, -0.15) is 0 Å². The Morgan fingerprint density at radius 2 is 1.69 bits per heavy atom. The van der Waals surface area contributed by atoms with Gasteiger partial charge in [0.25, 0.3) is 11.8 Å². The molecule has 3 aromatic carbocycles. The molecule has 0 saturated carbocycles. The van der Waals surface area contributed by atoms with Crippen LogP contribution in [-0.4, -0.2) is 16.9 Å². The number of hydrogen-bond acceptors (Lipinski definition) is 4. The molecule has 6 nitrogen and oxygen atoms in total. The number of amides is 2. The maximum atomic E-state index is 12.8. The number of rotatable bonds is 4. The summed E-state index contributed by atoms with van der Waals surface area (Å²) in [6.45, 7) is 1.86. The SMILES string of the molecule is Cc1cc(NC(=S)NC(=O)c2cccc3c(Br)cccc23)ccc1NC(=O)c1ccco1. The predicted octanol–water partition coefficient (Wildman–Crippen LogP) is 5.88. The number of halogens is 1. The Balaban J connectivity index is 1.43. The van der Waals surface area contributed by atoms with Crippen molar-refractivity contribution in [1.29, 1.82) is 0 Å². The summed E-state index contributed by atoms with van der Waals surface area (Å²) in [4.78, 5) is 25.0. The second-order valence-electron chi connectivity index (χ2n) is 7.01. The summed E-state index contributed by atoms with van der Waals surface area (Å²) in [7, 11) is 0. The van der Waals surface area contributed by atoms with Gasteiger partial charge in [0.15, 0.2) is 10.9 Å². The van der Waals surface area contributed by atoms with E-state index in [1.807, 2.05) is 43.3 Å². The monoisotopic (exact) mass is 507 g/mol. The molecular weight excluding hydrogens is 490 g/mol. The zero-order valence-corrected chi connectivity index (χ0v) is 19.3. The molecule has 1 heterocycles. The first-order valence-electron chi connectivity index (χ1n) is 9.67. The van der Waals surface area contributed by atoms with Gasteiger partial charge < -0.3 is 15.1 Å². The van der Waals surface area contributed by atoms with Gasteiger partial charge in [-0.05, 0) is 77.9 Å². The van der Waals surface area contributed by atoms with Crippen molar-refractivity contribution in [2.75, 3.05) is 10.6 Å². The highest BCUT2D eigenvalue weighted by Gasteiger charge is 2.14. The van der Waals surface area contributed by atoms with Crippen LogP contribution in [0.4, 0.5) is 11.4 Å². The lowest BCUT2D eigenvalue weighted by Gasteiger charge is -2.13. The van der Waals surface area contributed by atoms with Crippen molar-refractivity contribution in [3.05, 3.63) is 94.4 Å². The van der Waals surface area contributed by atoms with E-state index in [4.69, 9.17) is 16.6 Å². The topological polar surface area (TPSA) is 83.4 Å². The standard InChI is InChI=1S/C24H18BrN3O3S/c1-14-13-15(10-11-20(14)27-23(30)21-9-4-12-31-21)26-24(32)28-22(29)18-7-2-6-17-16(18)5-3-8-19(17)25/h2-13H,1H3,(H,27,30)(H2,26,28,29,32). The van der Waals surface area contributed by atoms with Gasteiger partial charge in [0, 0.05) is 21.4 Å². The van der Waals surface area contributed by atoms with Gasteiger partial charge in [0.05, 0.1) is 6.26 Å². The molecule has 4 rings (SSSR count). The van der Waals surface area contributed by atoms with Gasteiger partial charge in [-0.15, -0.1) is 0 Å². The molecule has 4 aromatic rings. The molecule has 1 aromatic heterocycles. The summed E-state index contributed by atoms with van der Waals surface area (Å²) in [5.74, 6) is -0.399. The van der Waals surface area contributed by atoms with E-state index in [1.165, 1.54) is 6.26 Å². The van der Waals surface area contributed by atoms with Gasteiger partial charge in [-0.1, -0.05) is 40.2 Å². The van der Waals surface area contributed by atoms with Crippen molar-refractivity contribution in [2.45, 2.75) is 6.92 Å². The molecule has 0 unspecified atom stereocenters. The summed E-state index contributed by atoms with van der Waals surface area (Å²) >= 11 is 8.84. The maximum Gasteiger partial charge on any atom is 0.291 e. The van der Waals surface area contributed by atoms with Crippen molar-refractivity contribution in [3.63, 3.8) is 0 Å². The molecule has 32 heavy (non-hydrogen) atoms. The molecular formula is C24H18BrN3O3S. The normalized spacial score (nSPS) is 10.6. The Morgan fingerprint density at radius 3 is 2.44 bits per heavy atom. The molecule has 8 heteroatoms. The van der Waals surface area contributed by atoms with Crippen LogP contribution < -0.4 is 16.0 Å². The third-order valence-electron chi connectivity index (χ3n) is 4.82. The van der Waals surface area contributed by atoms with Crippen molar-refractivity contribution < 1.29 is 14.0 Å². The minimum Gasteiger partial charge on any atom is -0.459 e. The number of carbonyl (C=O) groups excluding carboxylic acids is 2. The lowest BCUT2D eigenvalue weighted by atomic mass is 10.0. The Labute approximate surface area is 198 Å².